The molecular formula is C13H27NO6. The molecule has 0 aromatic heterocycles. The predicted octanol–water partition coefficient (Wildman–Crippen LogP) is -0.0710. The lowest BCUT2D eigenvalue weighted by Gasteiger charge is -2.38. The van der Waals surface area contributed by atoms with Crippen LogP contribution in [0.3, 0.4) is 0 Å². The summed E-state index contributed by atoms with van der Waals surface area (Å²) in [6.07, 6.45) is 0.0106. The van der Waals surface area contributed by atoms with Crippen LogP contribution in [0.2, 0.25) is 0 Å². The topological polar surface area (TPSA) is 78.4 Å². The number of nitrogens with one attached hydrogen (secondary N) is 1. The Morgan fingerprint density at radius 2 is 2.05 bits per heavy atom. The SMILES string of the molecule is CONCCOCCOC1O[C@@H](CO)CC(C)C1OC. The summed E-state index contributed by atoms with van der Waals surface area (Å²) in [6, 6.07) is 0. The van der Waals surface area contributed by atoms with E-state index in [4.69, 9.17) is 18.9 Å². The molecule has 1 saturated heterocycles. The smallest absolute Gasteiger partial charge is 0.184 e. The Morgan fingerprint density at radius 3 is 2.70 bits per heavy atom. The molecule has 1 fully saturated rings. The van der Waals surface area contributed by atoms with Gasteiger partial charge in [-0.1, -0.05) is 6.92 Å². The van der Waals surface area contributed by atoms with Crippen LogP contribution < -0.4 is 5.48 Å². The van der Waals surface area contributed by atoms with Crippen LogP contribution in [0.5, 0.6) is 0 Å². The third-order valence-electron chi connectivity index (χ3n) is 3.27. The summed E-state index contributed by atoms with van der Waals surface area (Å²) >= 11 is 0. The fourth-order valence-corrected chi connectivity index (χ4v) is 2.28. The molecule has 0 bridgehead atoms. The van der Waals surface area contributed by atoms with E-state index in [1.165, 1.54) is 0 Å². The van der Waals surface area contributed by atoms with E-state index in [-0.39, 0.29) is 24.7 Å². The average molecular weight is 293 g/mol. The van der Waals surface area contributed by atoms with Gasteiger partial charge >= 0.3 is 0 Å². The number of methoxy groups -OCH3 is 1. The van der Waals surface area contributed by atoms with E-state index in [0.717, 1.165) is 6.42 Å². The van der Waals surface area contributed by atoms with Crippen LogP contribution >= 0.6 is 0 Å². The molecule has 3 unspecified atom stereocenters. The quantitative estimate of drug-likeness (QED) is 0.431. The lowest BCUT2D eigenvalue weighted by molar-refractivity contribution is -0.267. The van der Waals surface area contributed by atoms with Crippen molar-refractivity contribution in [3.05, 3.63) is 0 Å². The third kappa shape index (κ3) is 6.01. The average Bonchev–Trinajstić information content (AvgIpc) is 2.45. The lowest BCUT2D eigenvalue weighted by Crippen LogP contribution is -2.48. The van der Waals surface area contributed by atoms with Crippen LogP contribution in [0.25, 0.3) is 0 Å². The van der Waals surface area contributed by atoms with Crippen molar-refractivity contribution in [3.63, 3.8) is 0 Å². The number of aliphatic hydroxyl groups excluding tert-OH is 1. The highest BCUT2D eigenvalue weighted by Gasteiger charge is 2.37. The van der Waals surface area contributed by atoms with Crippen LogP contribution in [-0.2, 0) is 23.8 Å². The van der Waals surface area contributed by atoms with E-state index in [1.54, 1.807) is 14.2 Å². The van der Waals surface area contributed by atoms with Crippen molar-refractivity contribution in [1.29, 1.82) is 0 Å². The first kappa shape index (κ1) is 17.8. The van der Waals surface area contributed by atoms with E-state index in [9.17, 15) is 5.11 Å². The van der Waals surface area contributed by atoms with E-state index >= 15 is 0 Å². The Hall–Kier alpha value is -0.280. The molecule has 0 saturated carbocycles. The normalized spacial score (nSPS) is 30.6. The molecule has 7 nitrogen and oxygen atoms in total. The minimum Gasteiger partial charge on any atom is -0.394 e. The molecule has 4 atom stereocenters. The third-order valence-corrected chi connectivity index (χ3v) is 3.27. The molecule has 20 heavy (non-hydrogen) atoms. The summed E-state index contributed by atoms with van der Waals surface area (Å²) in [6.45, 7) is 4.14. The molecule has 1 heterocycles. The molecule has 0 amide bonds. The summed E-state index contributed by atoms with van der Waals surface area (Å²) in [4.78, 5) is 4.69. The summed E-state index contributed by atoms with van der Waals surface area (Å²) in [5.74, 6) is 0.280. The summed E-state index contributed by atoms with van der Waals surface area (Å²) in [5, 5.41) is 9.21. The standard InChI is InChI=1S/C13H27NO6/c1-10-8-11(9-15)20-13(12(10)16-2)19-7-6-18-5-4-14-17-3/h10-15H,4-9H2,1-3H3/t10?,11-,12?,13?/m1/s1. The molecule has 120 valence electrons. The van der Waals surface area contributed by atoms with Crippen LogP contribution in [0.4, 0.5) is 0 Å². The minimum absolute atomic E-state index is 0.000177. The summed E-state index contributed by atoms with van der Waals surface area (Å²) in [7, 11) is 3.21. The highest BCUT2D eigenvalue weighted by Crippen LogP contribution is 2.27. The zero-order chi connectivity index (χ0) is 14.8. The van der Waals surface area contributed by atoms with Gasteiger partial charge in [0.05, 0.1) is 39.6 Å². The van der Waals surface area contributed by atoms with Gasteiger partial charge in [0.25, 0.3) is 0 Å². The van der Waals surface area contributed by atoms with Crippen LogP contribution in [-0.4, -0.2) is 70.8 Å². The molecule has 0 aromatic rings. The summed E-state index contributed by atoms with van der Waals surface area (Å²) < 4.78 is 22.1. The Labute approximate surface area is 120 Å². The van der Waals surface area contributed by atoms with Gasteiger partial charge in [-0.15, -0.1) is 0 Å². The van der Waals surface area contributed by atoms with Gasteiger partial charge in [-0.3, -0.25) is 0 Å². The number of hydroxylamine groups is 1. The van der Waals surface area contributed by atoms with Gasteiger partial charge in [0.2, 0.25) is 0 Å². The molecular weight excluding hydrogens is 266 g/mol. The van der Waals surface area contributed by atoms with Gasteiger partial charge in [-0.05, 0) is 12.3 Å². The Morgan fingerprint density at radius 1 is 1.25 bits per heavy atom. The van der Waals surface area contributed by atoms with E-state index < -0.39 is 6.29 Å². The first-order valence-corrected chi connectivity index (χ1v) is 6.97. The van der Waals surface area contributed by atoms with Crippen LogP contribution in [0.15, 0.2) is 0 Å². The van der Waals surface area contributed by atoms with Crippen molar-refractivity contribution in [2.45, 2.75) is 31.8 Å². The van der Waals surface area contributed by atoms with E-state index in [1.807, 2.05) is 0 Å². The molecule has 1 rings (SSSR count). The Bertz CT molecular complexity index is 243. The van der Waals surface area contributed by atoms with Crippen molar-refractivity contribution >= 4 is 0 Å². The highest BCUT2D eigenvalue weighted by atomic mass is 16.7. The van der Waals surface area contributed by atoms with Crippen molar-refractivity contribution in [1.82, 2.24) is 5.48 Å². The number of ether oxygens (including phenoxy) is 4. The molecule has 0 radical (unpaired) electrons. The number of hydrogen-bond acceptors (Lipinski definition) is 7. The van der Waals surface area contributed by atoms with Gasteiger partial charge in [0, 0.05) is 13.7 Å². The molecule has 0 aromatic carbocycles. The largest absolute Gasteiger partial charge is 0.394 e. The Kier molecular flexibility index (Phi) is 9.28. The number of hydrogen-bond donors (Lipinski definition) is 2. The maximum atomic E-state index is 9.21. The summed E-state index contributed by atoms with van der Waals surface area (Å²) in [5.41, 5.74) is 2.69. The predicted molar refractivity (Wildman–Crippen MR) is 72.1 cm³/mol. The van der Waals surface area contributed by atoms with E-state index in [0.29, 0.717) is 26.4 Å². The van der Waals surface area contributed by atoms with Gasteiger partial charge < -0.3 is 28.9 Å². The second-order valence-electron chi connectivity index (χ2n) is 4.80. The molecule has 1 aliphatic rings. The van der Waals surface area contributed by atoms with Gasteiger partial charge in [0.15, 0.2) is 6.29 Å². The van der Waals surface area contributed by atoms with Crippen LogP contribution in [0, 0.1) is 5.92 Å². The second kappa shape index (κ2) is 10.4. The molecule has 1 aliphatic heterocycles. The van der Waals surface area contributed by atoms with Crippen molar-refractivity contribution in [2.75, 3.05) is 47.2 Å². The van der Waals surface area contributed by atoms with Crippen molar-refractivity contribution < 1.29 is 28.9 Å². The minimum atomic E-state index is -0.457. The molecule has 2 N–H and O–H groups in total. The maximum absolute atomic E-state index is 9.21. The van der Waals surface area contributed by atoms with Crippen LogP contribution in [0.1, 0.15) is 13.3 Å². The highest BCUT2D eigenvalue weighted by molar-refractivity contribution is 4.79. The lowest BCUT2D eigenvalue weighted by atomic mass is 9.94. The first-order valence-electron chi connectivity index (χ1n) is 6.97. The van der Waals surface area contributed by atoms with Crippen molar-refractivity contribution in [3.8, 4) is 0 Å². The Balaban J connectivity index is 2.21. The maximum Gasteiger partial charge on any atom is 0.184 e. The van der Waals surface area contributed by atoms with Crippen molar-refractivity contribution in [2.24, 2.45) is 5.92 Å². The number of aliphatic hydroxyl groups is 1. The molecule has 0 spiro atoms. The zero-order valence-corrected chi connectivity index (χ0v) is 12.5. The second-order valence-corrected chi connectivity index (χ2v) is 4.80. The first-order chi connectivity index (χ1) is 9.72. The van der Waals surface area contributed by atoms with E-state index in [2.05, 4.69) is 17.2 Å². The fraction of sp³-hybridized carbons (Fsp3) is 1.00. The van der Waals surface area contributed by atoms with Gasteiger partial charge in [-0.25, -0.2) is 5.48 Å². The fourth-order valence-electron chi connectivity index (χ4n) is 2.28. The zero-order valence-electron chi connectivity index (χ0n) is 12.5. The molecule has 0 aliphatic carbocycles. The molecule has 7 heteroatoms. The monoisotopic (exact) mass is 293 g/mol. The number of rotatable bonds is 10. The van der Waals surface area contributed by atoms with Gasteiger partial charge in [0.1, 0.15) is 6.10 Å². The van der Waals surface area contributed by atoms with Gasteiger partial charge in [-0.2, -0.15) is 0 Å².